The van der Waals surface area contributed by atoms with Crippen molar-refractivity contribution in [2.75, 3.05) is 18.4 Å². The fourth-order valence-electron chi connectivity index (χ4n) is 2.69. The molecule has 0 fully saturated rings. The van der Waals surface area contributed by atoms with Crippen molar-refractivity contribution >= 4 is 29.0 Å². The summed E-state index contributed by atoms with van der Waals surface area (Å²) in [6.45, 7) is 5.15. The van der Waals surface area contributed by atoms with Gasteiger partial charge in [0.25, 0.3) is 5.91 Å². The van der Waals surface area contributed by atoms with Gasteiger partial charge >= 0.3 is 0 Å². The molecule has 3 rings (SSSR count). The second-order valence-electron chi connectivity index (χ2n) is 5.94. The fraction of sp³-hybridized carbons (Fsp3) is 0.190. The minimum absolute atomic E-state index is 0.112. The van der Waals surface area contributed by atoms with Gasteiger partial charge in [0, 0.05) is 35.4 Å². The first-order chi connectivity index (χ1) is 13.1. The molecule has 1 heterocycles. The molecular formula is C21H21ClN4O. The Morgan fingerprint density at radius 2 is 1.67 bits per heavy atom. The number of anilines is 2. The first-order valence-electron chi connectivity index (χ1n) is 8.87. The SMILES string of the molecule is CCN(CC)C(=O)c1cc(Nc2ccc(Cl)cc2)nc(-c2ccccc2)n1. The molecule has 0 aliphatic heterocycles. The molecule has 0 radical (unpaired) electrons. The summed E-state index contributed by atoms with van der Waals surface area (Å²) in [6.07, 6.45) is 0. The number of halogens is 1. The molecule has 0 spiro atoms. The van der Waals surface area contributed by atoms with Gasteiger partial charge in [0.2, 0.25) is 0 Å². The van der Waals surface area contributed by atoms with Crippen molar-refractivity contribution in [1.82, 2.24) is 14.9 Å². The van der Waals surface area contributed by atoms with E-state index in [1.807, 2.05) is 56.3 Å². The van der Waals surface area contributed by atoms with E-state index in [9.17, 15) is 4.79 Å². The third-order valence-electron chi connectivity index (χ3n) is 4.14. The number of carbonyl (C=O) groups excluding carboxylic acids is 1. The molecule has 6 heteroatoms. The number of amides is 1. The van der Waals surface area contributed by atoms with Crippen molar-refractivity contribution in [1.29, 1.82) is 0 Å². The highest BCUT2D eigenvalue weighted by Gasteiger charge is 2.17. The molecule has 0 aliphatic carbocycles. The first kappa shape index (κ1) is 18.9. The summed E-state index contributed by atoms with van der Waals surface area (Å²) in [7, 11) is 0. The zero-order chi connectivity index (χ0) is 19.2. The molecule has 3 aromatic rings. The second-order valence-corrected chi connectivity index (χ2v) is 6.37. The maximum atomic E-state index is 12.8. The lowest BCUT2D eigenvalue weighted by atomic mass is 10.2. The lowest BCUT2D eigenvalue weighted by molar-refractivity contribution is 0.0767. The van der Waals surface area contributed by atoms with Crippen LogP contribution in [0.4, 0.5) is 11.5 Å². The maximum absolute atomic E-state index is 12.8. The number of carbonyl (C=O) groups is 1. The Balaban J connectivity index is 2.02. The van der Waals surface area contributed by atoms with E-state index >= 15 is 0 Å². The summed E-state index contributed by atoms with van der Waals surface area (Å²) in [5.41, 5.74) is 2.05. The summed E-state index contributed by atoms with van der Waals surface area (Å²) >= 11 is 5.95. The Hall–Kier alpha value is -2.92. The van der Waals surface area contributed by atoms with Gasteiger partial charge in [-0.15, -0.1) is 0 Å². The topological polar surface area (TPSA) is 58.1 Å². The molecule has 0 saturated heterocycles. The molecule has 0 unspecified atom stereocenters. The van der Waals surface area contributed by atoms with Gasteiger partial charge in [-0.2, -0.15) is 0 Å². The number of hydrogen-bond acceptors (Lipinski definition) is 4. The highest BCUT2D eigenvalue weighted by Crippen LogP contribution is 2.22. The number of benzene rings is 2. The van der Waals surface area contributed by atoms with Gasteiger partial charge in [-0.1, -0.05) is 41.9 Å². The Bertz CT molecular complexity index is 909. The van der Waals surface area contributed by atoms with Crippen LogP contribution in [-0.2, 0) is 0 Å². The van der Waals surface area contributed by atoms with Crippen LogP contribution < -0.4 is 5.32 Å². The van der Waals surface area contributed by atoms with Crippen molar-refractivity contribution in [2.24, 2.45) is 0 Å². The van der Waals surface area contributed by atoms with Gasteiger partial charge in [-0.3, -0.25) is 4.79 Å². The van der Waals surface area contributed by atoms with Crippen molar-refractivity contribution in [3.63, 3.8) is 0 Å². The Kier molecular flexibility index (Phi) is 6.04. The molecule has 2 aromatic carbocycles. The number of nitrogens with zero attached hydrogens (tertiary/aromatic N) is 3. The molecular weight excluding hydrogens is 360 g/mol. The first-order valence-corrected chi connectivity index (χ1v) is 9.25. The van der Waals surface area contributed by atoms with Crippen molar-refractivity contribution in [3.05, 3.63) is 71.4 Å². The van der Waals surface area contributed by atoms with E-state index in [1.54, 1.807) is 23.1 Å². The van der Waals surface area contributed by atoms with Crippen LogP contribution in [0.1, 0.15) is 24.3 Å². The van der Waals surface area contributed by atoms with E-state index in [1.165, 1.54) is 0 Å². The van der Waals surface area contributed by atoms with Gasteiger partial charge in [0.1, 0.15) is 11.5 Å². The lowest BCUT2D eigenvalue weighted by Gasteiger charge is -2.19. The van der Waals surface area contributed by atoms with Gasteiger partial charge in [0.15, 0.2) is 5.82 Å². The molecule has 138 valence electrons. The van der Waals surface area contributed by atoms with Crippen LogP contribution in [-0.4, -0.2) is 33.9 Å². The van der Waals surface area contributed by atoms with Gasteiger partial charge in [-0.05, 0) is 38.1 Å². The van der Waals surface area contributed by atoms with E-state index in [0.717, 1.165) is 11.3 Å². The largest absolute Gasteiger partial charge is 0.340 e. The van der Waals surface area contributed by atoms with Crippen LogP contribution in [0.5, 0.6) is 0 Å². The minimum Gasteiger partial charge on any atom is -0.340 e. The van der Waals surface area contributed by atoms with Crippen LogP contribution in [0.3, 0.4) is 0 Å². The van der Waals surface area contributed by atoms with Crippen LogP contribution in [0, 0.1) is 0 Å². The Morgan fingerprint density at radius 1 is 1.00 bits per heavy atom. The van der Waals surface area contributed by atoms with Crippen LogP contribution in [0.2, 0.25) is 5.02 Å². The third kappa shape index (κ3) is 4.63. The molecule has 1 N–H and O–H groups in total. The van der Waals surface area contributed by atoms with E-state index in [2.05, 4.69) is 15.3 Å². The zero-order valence-corrected chi connectivity index (χ0v) is 16.1. The highest BCUT2D eigenvalue weighted by molar-refractivity contribution is 6.30. The Labute approximate surface area is 164 Å². The summed E-state index contributed by atoms with van der Waals surface area (Å²) in [5.74, 6) is 0.950. The van der Waals surface area contributed by atoms with Gasteiger partial charge in [0.05, 0.1) is 0 Å². The number of hydrogen-bond donors (Lipinski definition) is 1. The lowest BCUT2D eigenvalue weighted by Crippen LogP contribution is -2.31. The highest BCUT2D eigenvalue weighted by atomic mass is 35.5. The second kappa shape index (κ2) is 8.64. The van der Waals surface area contributed by atoms with Crippen molar-refractivity contribution in [2.45, 2.75) is 13.8 Å². The molecule has 5 nitrogen and oxygen atoms in total. The summed E-state index contributed by atoms with van der Waals surface area (Å²) in [4.78, 5) is 23.7. The molecule has 0 bridgehead atoms. The summed E-state index contributed by atoms with van der Waals surface area (Å²) in [6, 6.07) is 18.6. The number of rotatable bonds is 6. The smallest absolute Gasteiger partial charge is 0.272 e. The van der Waals surface area contributed by atoms with Crippen LogP contribution >= 0.6 is 11.6 Å². The maximum Gasteiger partial charge on any atom is 0.272 e. The summed E-state index contributed by atoms with van der Waals surface area (Å²) < 4.78 is 0. The average Bonchev–Trinajstić information content (AvgIpc) is 2.71. The molecule has 1 aromatic heterocycles. The van der Waals surface area contributed by atoms with Crippen molar-refractivity contribution < 1.29 is 4.79 Å². The number of aromatic nitrogens is 2. The standard InChI is InChI=1S/C21H21ClN4O/c1-3-26(4-2)21(27)18-14-19(23-17-12-10-16(22)11-13-17)25-20(24-18)15-8-6-5-7-9-15/h5-14H,3-4H2,1-2H3,(H,23,24,25). The van der Waals surface area contributed by atoms with Crippen molar-refractivity contribution in [3.8, 4) is 11.4 Å². The van der Waals surface area contributed by atoms with Gasteiger partial charge in [-0.25, -0.2) is 9.97 Å². The van der Waals surface area contributed by atoms with Gasteiger partial charge < -0.3 is 10.2 Å². The predicted octanol–water partition coefficient (Wildman–Crippen LogP) is 5.02. The molecule has 0 saturated carbocycles. The Morgan fingerprint density at radius 3 is 2.30 bits per heavy atom. The third-order valence-corrected chi connectivity index (χ3v) is 4.40. The average molecular weight is 381 g/mol. The van der Waals surface area contributed by atoms with E-state index < -0.39 is 0 Å². The molecule has 0 atom stereocenters. The quantitative estimate of drug-likeness (QED) is 0.652. The minimum atomic E-state index is -0.112. The van der Waals surface area contributed by atoms with E-state index in [0.29, 0.717) is 35.4 Å². The van der Waals surface area contributed by atoms with E-state index in [-0.39, 0.29) is 5.91 Å². The zero-order valence-electron chi connectivity index (χ0n) is 15.3. The monoisotopic (exact) mass is 380 g/mol. The summed E-state index contributed by atoms with van der Waals surface area (Å²) in [5, 5.41) is 3.89. The van der Waals surface area contributed by atoms with Crippen LogP contribution in [0.25, 0.3) is 11.4 Å². The molecule has 1 amide bonds. The molecule has 27 heavy (non-hydrogen) atoms. The van der Waals surface area contributed by atoms with Crippen LogP contribution in [0.15, 0.2) is 60.7 Å². The number of nitrogens with one attached hydrogen (secondary N) is 1. The fourth-order valence-corrected chi connectivity index (χ4v) is 2.82. The van der Waals surface area contributed by atoms with E-state index in [4.69, 9.17) is 11.6 Å². The molecule has 0 aliphatic rings. The normalized spacial score (nSPS) is 10.5. The predicted molar refractivity (Wildman–Crippen MR) is 109 cm³/mol.